The van der Waals surface area contributed by atoms with Crippen molar-refractivity contribution in [2.24, 2.45) is 5.92 Å². The number of carbonyl (C=O) groups excluding carboxylic acids is 1. The molecule has 1 aliphatic rings. The number of hydrogen-bond donors (Lipinski definition) is 2. The molecule has 0 unspecified atom stereocenters. The fourth-order valence-corrected chi connectivity index (χ4v) is 2.71. The van der Waals surface area contributed by atoms with Gasteiger partial charge in [-0.05, 0) is 44.0 Å². The van der Waals surface area contributed by atoms with Crippen molar-refractivity contribution in [3.63, 3.8) is 0 Å². The van der Waals surface area contributed by atoms with Crippen LogP contribution in [0.15, 0.2) is 24.3 Å². The zero-order chi connectivity index (χ0) is 17.2. The number of carbonyl (C=O) groups is 1. The van der Waals surface area contributed by atoms with Crippen LogP contribution < -0.4 is 15.4 Å². The second kappa shape index (κ2) is 10.2. The lowest BCUT2D eigenvalue weighted by atomic mass is 9.99. The van der Waals surface area contributed by atoms with Gasteiger partial charge in [0.15, 0.2) is 0 Å². The summed E-state index contributed by atoms with van der Waals surface area (Å²) in [6.45, 7) is 7.05. The summed E-state index contributed by atoms with van der Waals surface area (Å²) in [5, 5.41) is 5.76. The highest BCUT2D eigenvalue weighted by atomic mass is 16.5. The number of methoxy groups -OCH3 is 1. The third-order valence-corrected chi connectivity index (χ3v) is 4.27. The Bertz CT molecular complexity index is 502. The van der Waals surface area contributed by atoms with Gasteiger partial charge in [-0.2, -0.15) is 0 Å². The van der Waals surface area contributed by atoms with Crippen molar-refractivity contribution in [1.82, 2.24) is 10.2 Å². The van der Waals surface area contributed by atoms with Gasteiger partial charge in [0.25, 0.3) is 0 Å². The molecule has 0 saturated carbocycles. The van der Waals surface area contributed by atoms with E-state index in [9.17, 15) is 4.79 Å². The molecule has 2 amide bonds. The second-order valence-corrected chi connectivity index (χ2v) is 6.24. The highest BCUT2D eigenvalue weighted by Crippen LogP contribution is 2.23. The van der Waals surface area contributed by atoms with Gasteiger partial charge in [0.1, 0.15) is 12.4 Å². The van der Waals surface area contributed by atoms with E-state index >= 15 is 0 Å². The standard InChI is InChI=1S/C18H29N3O3/c1-15-7-10-21(11-8-15)12-9-19-18(22)20-16-5-3-4-6-17(16)24-14-13-23-2/h3-6,15H,7-14H2,1-2H3,(H2,19,20,22). The maximum atomic E-state index is 12.1. The molecule has 1 aromatic rings. The molecule has 6 heteroatoms. The highest BCUT2D eigenvalue weighted by Gasteiger charge is 2.15. The van der Waals surface area contributed by atoms with Crippen LogP contribution in [0.3, 0.4) is 0 Å². The van der Waals surface area contributed by atoms with Gasteiger partial charge in [-0.1, -0.05) is 19.1 Å². The molecule has 0 atom stereocenters. The van der Waals surface area contributed by atoms with Gasteiger partial charge in [0, 0.05) is 20.2 Å². The molecule has 2 rings (SSSR count). The maximum Gasteiger partial charge on any atom is 0.319 e. The van der Waals surface area contributed by atoms with E-state index in [-0.39, 0.29) is 6.03 Å². The summed E-state index contributed by atoms with van der Waals surface area (Å²) in [4.78, 5) is 14.5. The molecule has 0 aliphatic carbocycles. The van der Waals surface area contributed by atoms with Gasteiger partial charge < -0.3 is 25.0 Å². The molecule has 24 heavy (non-hydrogen) atoms. The van der Waals surface area contributed by atoms with Crippen LogP contribution in [0.25, 0.3) is 0 Å². The number of nitrogens with one attached hydrogen (secondary N) is 2. The summed E-state index contributed by atoms with van der Waals surface area (Å²) < 4.78 is 10.6. The van der Waals surface area contributed by atoms with Gasteiger partial charge in [-0.3, -0.25) is 0 Å². The number of hydrogen-bond acceptors (Lipinski definition) is 4. The lowest BCUT2D eigenvalue weighted by molar-refractivity contribution is 0.146. The van der Waals surface area contributed by atoms with Gasteiger partial charge in [-0.15, -0.1) is 0 Å². The van der Waals surface area contributed by atoms with Gasteiger partial charge in [0.2, 0.25) is 0 Å². The molecule has 0 bridgehead atoms. The van der Waals surface area contributed by atoms with Crippen LogP contribution in [0.4, 0.5) is 10.5 Å². The summed E-state index contributed by atoms with van der Waals surface area (Å²) >= 11 is 0. The van der Waals surface area contributed by atoms with Crippen LogP contribution in [-0.2, 0) is 4.74 Å². The Labute approximate surface area is 144 Å². The predicted octanol–water partition coefficient (Wildman–Crippen LogP) is 2.57. The summed E-state index contributed by atoms with van der Waals surface area (Å²) in [7, 11) is 1.63. The second-order valence-electron chi connectivity index (χ2n) is 6.24. The van der Waals surface area contributed by atoms with E-state index in [4.69, 9.17) is 9.47 Å². The first kappa shape index (κ1) is 18.5. The fraction of sp³-hybridized carbons (Fsp3) is 0.611. The van der Waals surface area contributed by atoms with Crippen LogP contribution in [0.5, 0.6) is 5.75 Å². The number of piperidine rings is 1. The number of benzene rings is 1. The number of nitrogens with zero attached hydrogens (tertiary/aromatic N) is 1. The average molecular weight is 335 g/mol. The lowest BCUT2D eigenvalue weighted by Gasteiger charge is -2.30. The molecule has 0 radical (unpaired) electrons. The average Bonchev–Trinajstić information content (AvgIpc) is 2.58. The topological polar surface area (TPSA) is 62.8 Å². The number of likely N-dealkylation sites (tertiary alicyclic amines) is 1. The van der Waals surface area contributed by atoms with E-state index in [1.165, 1.54) is 12.8 Å². The quantitative estimate of drug-likeness (QED) is 0.717. The molecular formula is C18H29N3O3. The largest absolute Gasteiger partial charge is 0.489 e. The first-order valence-electron chi connectivity index (χ1n) is 8.67. The zero-order valence-corrected chi connectivity index (χ0v) is 14.7. The van der Waals surface area contributed by atoms with Crippen molar-refractivity contribution in [2.75, 3.05) is 51.8 Å². The monoisotopic (exact) mass is 335 g/mol. The van der Waals surface area contributed by atoms with Crippen molar-refractivity contribution in [3.8, 4) is 5.75 Å². The van der Waals surface area contributed by atoms with E-state index in [1.807, 2.05) is 24.3 Å². The van der Waals surface area contributed by atoms with Crippen LogP contribution in [0.2, 0.25) is 0 Å². The minimum Gasteiger partial charge on any atom is -0.489 e. The SMILES string of the molecule is COCCOc1ccccc1NC(=O)NCCN1CCC(C)CC1. The molecule has 2 N–H and O–H groups in total. The molecule has 6 nitrogen and oxygen atoms in total. The molecule has 134 valence electrons. The molecule has 1 fully saturated rings. The number of amides is 2. The van der Waals surface area contributed by atoms with Crippen molar-refractivity contribution < 1.29 is 14.3 Å². The zero-order valence-electron chi connectivity index (χ0n) is 14.7. The molecule has 1 aliphatic heterocycles. The molecule has 1 aromatic carbocycles. The normalized spacial score (nSPS) is 15.9. The molecule has 0 spiro atoms. The van der Waals surface area contributed by atoms with Crippen molar-refractivity contribution >= 4 is 11.7 Å². The van der Waals surface area contributed by atoms with Gasteiger partial charge >= 0.3 is 6.03 Å². The van der Waals surface area contributed by atoms with E-state index < -0.39 is 0 Å². The summed E-state index contributed by atoms with van der Waals surface area (Å²) in [6.07, 6.45) is 2.50. The van der Waals surface area contributed by atoms with Crippen molar-refractivity contribution in [3.05, 3.63) is 24.3 Å². The van der Waals surface area contributed by atoms with Crippen LogP contribution in [-0.4, -0.2) is 57.4 Å². The van der Waals surface area contributed by atoms with Crippen molar-refractivity contribution in [1.29, 1.82) is 0 Å². The lowest BCUT2D eigenvalue weighted by Crippen LogP contribution is -2.40. The first-order chi connectivity index (χ1) is 11.7. The molecular weight excluding hydrogens is 306 g/mol. The van der Waals surface area contributed by atoms with Crippen LogP contribution in [0.1, 0.15) is 19.8 Å². The molecule has 1 saturated heterocycles. The Hall–Kier alpha value is -1.79. The van der Waals surface area contributed by atoms with Crippen molar-refractivity contribution in [2.45, 2.75) is 19.8 Å². The van der Waals surface area contributed by atoms with Crippen LogP contribution in [0, 0.1) is 5.92 Å². The van der Waals surface area contributed by atoms with E-state index in [1.54, 1.807) is 7.11 Å². The predicted molar refractivity (Wildman–Crippen MR) is 95.7 cm³/mol. The van der Waals surface area contributed by atoms with Gasteiger partial charge in [-0.25, -0.2) is 4.79 Å². The number of rotatable bonds is 8. The number of anilines is 1. The van der Waals surface area contributed by atoms with E-state index in [2.05, 4.69) is 22.5 Å². The van der Waals surface area contributed by atoms with E-state index in [0.717, 1.165) is 25.6 Å². The highest BCUT2D eigenvalue weighted by molar-refractivity contribution is 5.90. The fourth-order valence-electron chi connectivity index (χ4n) is 2.71. The number of para-hydroxylation sites is 2. The smallest absolute Gasteiger partial charge is 0.319 e. The number of ether oxygens (including phenoxy) is 2. The van der Waals surface area contributed by atoms with Gasteiger partial charge in [0.05, 0.1) is 12.3 Å². The Morgan fingerprint density at radius 2 is 2.00 bits per heavy atom. The number of urea groups is 1. The third-order valence-electron chi connectivity index (χ3n) is 4.27. The molecule has 0 aromatic heterocycles. The Morgan fingerprint density at radius 1 is 1.25 bits per heavy atom. The Balaban J connectivity index is 1.72. The summed E-state index contributed by atoms with van der Waals surface area (Å²) in [5.74, 6) is 1.47. The Kier molecular flexibility index (Phi) is 7.85. The third kappa shape index (κ3) is 6.37. The Morgan fingerprint density at radius 3 is 2.75 bits per heavy atom. The minimum absolute atomic E-state index is 0.205. The molecule has 1 heterocycles. The maximum absolute atomic E-state index is 12.1. The summed E-state index contributed by atoms with van der Waals surface area (Å²) in [6, 6.07) is 7.20. The first-order valence-corrected chi connectivity index (χ1v) is 8.67. The van der Waals surface area contributed by atoms with Crippen LogP contribution >= 0.6 is 0 Å². The summed E-state index contributed by atoms with van der Waals surface area (Å²) in [5.41, 5.74) is 0.665. The van der Waals surface area contributed by atoms with E-state index in [0.29, 0.717) is 31.2 Å². The minimum atomic E-state index is -0.205.